The molecule has 15 aromatic rings. The first-order valence-corrected chi connectivity index (χ1v) is 30.3. The first-order valence-electron chi connectivity index (χ1n) is 29.4. The maximum Gasteiger partial charge on any atom is 0.0725 e. The molecule has 0 bridgehead atoms. The quantitative estimate of drug-likeness (QED) is 0.140. The molecule has 2 unspecified atom stereocenters. The van der Waals surface area contributed by atoms with Crippen molar-refractivity contribution in [1.29, 1.82) is 0 Å². The molecule has 3 aliphatic carbocycles. The molecule has 0 aliphatic heterocycles. The van der Waals surface area contributed by atoms with Crippen molar-refractivity contribution in [2.45, 2.75) is 17.3 Å². The zero-order valence-electron chi connectivity index (χ0n) is 45.9. The predicted molar refractivity (Wildman–Crippen MR) is 354 cm³/mol. The maximum atomic E-state index is 2.58. The number of hydrogen-bond donors (Lipinski definition) is 0. The molecule has 0 nitrogen and oxygen atoms in total. The number of thiophene rings is 1. The van der Waals surface area contributed by atoms with Crippen LogP contribution in [0.5, 0.6) is 0 Å². The third-order valence-corrected chi connectivity index (χ3v) is 20.4. The number of benzene rings is 14. The average molecular weight is 1080 g/mol. The van der Waals surface area contributed by atoms with Crippen LogP contribution in [0.15, 0.2) is 303 Å². The Kier molecular flexibility index (Phi) is 10.4. The summed E-state index contributed by atoms with van der Waals surface area (Å²) in [6, 6.07) is 115. The van der Waals surface area contributed by atoms with Crippen LogP contribution in [0.1, 0.15) is 67.5 Å². The summed E-state index contributed by atoms with van der Waals surface area (Å²) in [5.41, 5.74) is 28.4. The van der Waals surface area contributed by atoms with E-state index in [1.165, 1.54) is 164 Å². The Morgan fingerprint density at radius 2 is 0.762 bits per heavy atom. The number of rotatable bonds is 7. The Labute approximate surface area is 492 Å². The lowest BCUT2D eigenvalue weighted by Gasteiger charge is -2.30. The number of fused-ring (bicyclic) bond motifs is 19. The van der Waals surface area contributed by atoms with Crippen molar-refractivity contribution in [3.63, 3.8) is 0 Å². The molecule has 84 heavy (non-hydrogen) atoms. The molecule has 390 valence electrons. The van der Waals surface area contributed by atoms with Crippen LogP contribution in [0.4, 0.5) is 0 Å². The standard InChI is InChI=1S/C83H52S/c1-2-18-51(19-3-1)52-36-40-55(41-37-52)78(56-42-38-54(39-43-56)61-30-16-22-53-20-4-6-23-60(53)61)59-44-46-65-64-25-8-9-29-69(64)79(72(65)50-59)73-49-57-21-5-7-24-63(57)82-80(73)70-32-17-31-62(81(70)84-82)58-45-47-77-71(48-58)68-28-12-15-35-76(68)83(77)74-33-13-10-26-66(74)67-27-11-14-34-75(67)83/h1-50,78-79H. The van der Waals surface area contributed by atoms with Gasteiger partial charge in [0.25, 0.3) is 0 Å². The van der Waals surface area contributed by atoms with E-state index < -0.39 is 0 Å². The first-order chi connectivity index (χ1) is 41.7. The monoisotopic (exact) mass is 1080 g/mol. The van der Waals surface area contributed by atoms with Gasteiger partial charge in [-0.25, -0.2) is 0 Å². The molecule has 0 N–H and O–H groups in total. The van der Waals surface area contributed by atoms with Crippen molar-refractivity contribution >= 4 is 53.1 Å². The van der Waals surface area contributed by atoms with Crippen LogP contribution in [-0.2, 0) is 5.41 Å². The Morgan fingerprint density at radius 3 is 1.50 bits per heavy atom. The summed E-state index contributed by atoms with van der Waals surface area (Å²) < 4.78 is 2.67. The highest BCUT2D eigenvalue weighted by molar-refractivity contribution is 7.27. The molecule has 0 amide bonds. The molecule has 0 radical (unpaired) electrons. The highest BCUT2D eigenvalue weighted by Crippen LogP contribution is 2.63. The van der Waals surface area contributed by atoms with E-state index in [1.54, 1.807) is 0 Å². The van der Waals surface area contributed by atoms with Crippen molar-refractivity contribution in [1.82, 2.24) is 0 Å². The zero-order chi connectivity index (χ0) is 55.0. The molecular formula is C83H52S. The van der Waals surface area contributed by atoms with Gasteiger partial charge in [0, 0.05) is 32.0 Å². The summed E-state index contributed by atoms with van der Waals surface area (Å²) in [6.07, 6.45) is 0. The Hall–Kier alpha value is -10.2. The van der Waals surface area contributed by atoms with Crippen molar-refractivity contribution in [3.8, 4) is 66.8 Å². The average Bonchev–Trinajstić information content (AvgIpc) is 1.63. The molecule has 0 saturated carbocycles. The van der Waals surface area contributed by atoms with E-state index in [4.69, 9.17) is 0 Å². The topological polar surface area (TPSA) is 0 Å². The molecule has 0 fully saturated rings. The maximum absolute atomic E-state index is 2.58. The van der Waals surface area contributed by atoms with Crippen LogP contribution in [-0.4, -0.2) is 0 Å². The van der Waals surface area contributed by atoms with Gasteiger partial charge in [-0.3, -0.25) is 0 Å². The minimum Gasteiger partial charge on any atom is -0.134 e. The van der Waals surface area contributed by atoms with Crippen LogP contribution in [0.2, 0.25) is 0 Å². The molecule has 14 aromatic carbocycles. The Morgan fingerprint density at radius 1 is 0.262 bits per heavy atom. The van der Waals surface area contributed by atoms with Gasteiger partial charge < -0.3 is 0 Å². The molecule has 0 saturated heterocycles. The number of hydrogen-bond acceptors (Lipinski definition) is 1. The van der Waals surface area contributed by atoms with Crippen molar-refractivity contribution in [3.05, 3.63) is 359 Å². The smallest absolute Gasteiger partial charge is 0.0725 e. The van der Waals surface area contributed by atoms with Gasteiger partial charge in [-0.1, -0.05) is 291 Å². The zero-order valence-corrected chi connectivity index (χ0v) is 46.7. The predicted octanol–water partition coefficient (Wildman–Crippen LogP) is 22.0. The summed E-state index contributed by atoms with van der Waals surface area (Å²) in [5.74, 6) is -0.0102. The van der Waals surface area contributed by atoms with E-state index in [2.05, 4.69) is 303 Å². The molecule has 1 aromatic heterocycles. The first kappa shape index (κ1) is 47.5. The van der Waals surface area contributed by atoms with Crippen LogP contribution < -0.4 is 0 Å². The fourth-order valence-electron chi connectivity index (χ4n) is 15.5. The third-order valence-electron chi connectivity index (χ3n) is 19.1. The largest absolute Gasteiger partial charge is 0.134 e. The minimum atomic E-state index is -0.376. The molecule has 1 spiro atoms. The summed E-state index contributed by atoms with van der Waals surface area (Å²) in [4.78, 5) is 0. The molecule has 18 rings (SSSR count). The van der Waals surface area contributed by atoms with Crippen LogP contribution in [0.25, 0.3) is 108 Å². The van der Waals surface area contributed by atoms with E-state index >= 15 is 0 Å². The van der Waals surface area contributed by atoms with Crippen LogP contribution >= 0.6 is 11.3 Å². The van der Waals surface area contributed by atoms with Gasteiger partial charge >= 0.3 is 0 Å². The molecule has 2 atom stereocenters. The molecular weight excluding hydrogens is 1030 g/mol. The van der Waals surface area contributed by atoms with Crippen LogP contribution in [0, 0.1) is 0 Å². The normalized spacial score (nSPS) is 14.4. The Balaban J connectivity index is 0.812. The summed E-state index contributed by atoms with van der Waals surface area (Å²) >= 11 is 1.97. The summed E-state index contributed by atoms with van der Waals surface area (Å²) in [7, 11) is 0. The van der Waals surface area contributed by atoms with Gasteiger partial charge in [0.15, 0.2) is 0 Å². The lowest BCUT2D eigenvalue weighted by Crippen LogP contribution is -2.25. The van der Waals surface area contributed by atoms with Gasteiger partial charge in [-0.2, -0.15) is 0 Å². The van der Waals surface area contributed by atoms with E-state index in [0.717, 1.165) is 0 Å². The minimum absolute atomic E-state index is 0.00408. The van der Waals surface area contributed by atoms with Crippen LogP contribution in [0.3, 0.4) is 0 Å². The van der Waals surface area contributed by atoms with E-state index in [-0.39, 0.29) is 17.3 Å². The van der Waals surface area contributed by atoms with E-state index in [0.29, 0.717) is 0 Å². The summed E-state index contributed by atoms with van der Waals surface area (Å²) in [6.45, 7) is 0. The van der Waals surface area contributed by atoms with Crippen molar-refractivity contribution in [2.75, 3.05) is 0 Å². The molecule has 3 aliphatic rings. The van der Waals surface area contributed by atoms with Crippen molar-refractivity contribution < 1.29 is 0 Å². The fraction of sp³-hybridized carbons (Fsp3) is 0.0361. The second-order valence-electron chi connectivity index (χ2n) is 23.3. The lowest BCUT2D eigenvalue weighted by atomic mass is 9.70. The van der Waals surface area contributed by atoms with E-state index in [9.17, 15) is 0 Å². The summed E-state index contributed by atoms with van der Waals surface area (Å²) in [5, 5.41) is 7.77. The van der Waals surface area contributed by atoms with Gasteiger partial charge in [-0.15, -0.1) is 11.3 Å². The lowest BCUT2D eigenvalue weighted by molar-refractivity contribution is 0.794. The van der Waals surface area contributed by atoms with Gasteiger partial charge in [0.05, 0.1) is 5.41 Å². The van der Waals surface area contributed by atoms with Gasteiger partial charge in [0.1, 0.15) is 0 Å². The highest BCUT2D eigenvalue weighted by Gasteiger charge is 2.51. The Bertz CT molecular complexity index is 5140. The SMILES string of the molecule is c1ccc(-c2ccc(C(c3ccc(-c4cccc5ccccc45)cc3)c3ccc4c(c3)C(c3cc5ccccc5c5sc6c(-c7ccc8c(c7)-c7ccccc7C87c8ccccc8-c8ccccc87)cccc6c35)c3ccccc3-4)cc2)cc1. The molecule has 1 heterocycles. The molecule has 1 heteroatoms. The van der Waals surface area contributed by atoms with Gasteiger partial charge in [-0.05, 0) is 156 Å². The second kappa shape index (κ2) is 18.4. The second-order valence-corrected chi connectivity index (χ2v) is 24.3. The fourth-order valence-corrected chi connectivity index (χ4v) is 16.9. The van der Waals surface area contributed by atoms with E-state index in [1.807, 2.05) is 11.3 Å². The highest BCUT2D eigenvalue weighted by atomic mass is 32.1. The van der Waals surface area contributed by atoms with Crippen molar-refractivity contribution in [2.24, 2.45) is 0 Å². The third kappa shape index (κ3) is 6.82. The van der Waals surface area contributed by atoms with Gasteiger partial charge in [0.2, 0.25) is 0 Å².